The summed E-state index contributed by atoms with van der Waals surface area (Å²) in [5.74, 6) is 0. The monoisotopic (exact) mass is 374 g/mol. The van der Waals surface area contributed by atoms with Gasteiger partial charge in [0.05, 0.1) is 26.0 Å². The van der Waals surface area contributed by atoms with E-state index in [2.05, 4.69) is 5.10 Å². The molecule has 0 amide bonds. The summed E-state index contributed by atoms with van der Waals surface area (Å²) >= 11 is 1.58. The molecule has 0 aliphatic heterocycles. The second-order valence-corrected chi connectivity index (χ2v) is 6.96. The van der Waals surface area contributed by atoms with Gasteiger partial charge in [-0.15, -0.1) is 11.3 Å². The lowest BCUT2D eigenvalue weighted by atomic mass is 10.1. The number of hydrogen-bond acceptors (Lipinski definition) is 5. The van der Waals surface area contributed by atoms with Crippen LogP contribution in [0.2, 0.25) is 0 Å². The highest BCUT2D eigenvalue weighted by Crippen LogP contribution is 2.28. The predicted molar refractivity (Wildman–Crippen MR) is 99.5 cm³/mol. The lowest BCUT2D eigenvalue weighted by Crippen LogP contribution is -2.26. The maximum Gasteiger partial charge on any atom is 0.346 e. The molecule has 0 unspecified atom stereocenters. The lowest BCUT2D eigenvalue weighted by Gasteiger charge is -2.01. The van der Waals surface area contributed by atoms with Crippen molar-refractivity contribution in [3.8, 4) is 10.4 Å². The molecule has 0 saturated carbocycles. The van der Waals surface area contributed by atoms with Crippen molar-refractivity contribution in [2.75, 3.05) is 6.54 Å². The molecule has 26 heavy (non-hydrogen) atoms. The molecule has 0 saturated heterocycles. The van der Waals surface area contributed by atoms with Crippen LogP contribution >= 0.6 is 11.3 Å². The number of halogens is 1. The van der Waals surface area contributed by atoms with Crippen LogP contribution < -0.4 is 11.4 Å². The van der Waals surface area contributed by atoms with Crippen LogP contribution in [0.4, 0.5) is 4.39 Å². The second kappa shape index (κ2) is 8.22. The van der Waals surface area contributed by atoms with E-state index in [1.165, 1.54) is 15.6 Å². The third-order valence-electron chi connectivity index (χ3n) is 3.98. The lowest BCUT2D eigenvalue weighted by molar-refractivity contribution is 0.282. The van der Waals surface area contributed by atoms with Crippen molar-refractivity contribution in [1.82, 2.24) is 14.3 Å². The Kier molecular flexibility index (Phi) is 5.77. The molecule has 0 aliphatic carbocycles. The largest absolute Gasteiger partial charge is 0.392 e. The first kappa shape index (κ1) is 18.2. The van der Waals surface area contributed by atoms with E-state index in [0.717, 1.165) is 20.9 Å². The third kappa shape index (κ3) is 3.98. The molecule has 2 heterocycles. The number of aliphatic hydroxyl groups excluding tert-OH is 1. The van der Waals surface area contributed by atoms with Crippen molar-refractivity contribution in [2.24, 2.45) is 5.73 Å². The van der Waals surface area contributed by atoms with Gasteiger partial charge in [-0.2, -0.15) is 5.10 Å². The van der Waals surface area contributed by atoms with Crippen LogP contribution in [0.25, 0.3) is 10.4 Å². The first-order valence-electron chi connectivity index (χ1n) is 8.04. The summed E-state index contributed by atoms with van der Waals surface area (Å²) in [6, 6.07) is 11.7. The average molecular weight is 374 g/mol. The molecule has 6 nitrogen and oxygen atoms in total. The van der Waals surface area contributed by atoms with Gasteiger partial charge in [0.25, 0.3) is 0 Å². The third-order valence-corrected chi connectivity index (χ3v) is 5.09. The summed E-state index contributed by atoms with van der Waals surface area (Å²) in [5.41, 5.74) is 7.34. The van der Waals surface area contributed by atoms with Gasteiger partial charge in [-0.3, -0.25) is 4.57 Å². The molecule has 0 radical (unpaired) electrons. The van der Waals surface area contributed by atoms with E-state index in [-0.39, 0.29) is 25.4 Å². The topological polar surface area (TPSA) is 86.1 Å². The van der Waals surface area contributed by atoms with Gasteiger partial charge in [0.1, 0.15) is 6.33 Å². The Morgan fingerprint density at radius 1 is 1.27 bits per heavy atom. The van der Waals surface area contributed by atoms with Crippen LogP contribution in [0.1, 0.15) is 10.4 Å². The zero-order chi connectivity index (χ0) is 18.5. The molecule has 3 aromatic rings. The number of rotatable bonds is 7. The molecule has 0 fully saturated rings. The highest BCUT2D eigenvalue weighted by atomic mass is 32.1. The zero-order valence-electron chi connectivity index (χ0n) is 14.0. The smallest absolute Gasteiger partial charge is 0.346 e. The molecule has 136 valence electrons. The number of benzene rings is 1. The maximum absolute atomic E-state index is 12.6. The molecule has 0 spiro atoms. The SMILES string of the molecule is NC/C(=C\F)Cn1ncn(Cc2ccc(-c3ccc(CO)cc3)s2)c1=O. The number of nitrogens with zero attached hydrogens (tertiary/aromatic N) is 3. The molecule has 0 bridgehead atoms. The van der Waals surface area contributed by atoms with Crippen molar-refractivity contribution < 1.29 is 9.50 Å². The molecular weight excluding hydrogens is 355 g/mol. The summed E-state index contributed by atoms with van der Waals surface area (Å²) in [7, 11) is 0. The predicted octanol–water partition coefficient (Wildman–Crippen LogP) is 2.13. The van der Waals surface area contributed by atoms with Gasteiger partial charge >= 0.3 is 5.69 Å². The van der Waals surface area contributed by atoms with Crippen molar-refractivity contribution >= 4 is 11.3 Å². The summed E-state index contributed by atoms with van der Waals surface area (Å²) in [4.78, 5) is 14.4. The fraction of sp³-hybridized carbons (Fsp3) is 0.222. The molecule has 0 atom stereocenters. The Labute approximate surface area is 153 Å². The van der Waals surface area contributed by atoms with Gasteiger partial charge in [-0.05, 0) is 28.8 Å². The number of nitrogens with two attached hydrogens (primary N) is 1. The Morgan fingerprint density at radius 3 is 2.69 bits per heavy atom. The maximum atomic E-state index is 12.6. The second-order valence-electron chi connectivity index (χ2n) is 5.79. The van der Waals surface area contributed by atoms with Crippen molar-refractivity contribution in [3.05, 3.63) is 75.6 Å². The van der Waals surface area contributed by atoms with Crippen molar-refractivity contribution in [1.29, 1.82) is 0 Å². The quantitative estimate of drug-likeness (QED) is 0.663. The summed E-state index contributed by atoms with van der Waals surface area (Å²) in [5, 5.41) is 13.1. The van der Waals surface area contributed by atoms with E-state index < -0.39 is 0 Å². The standard InChI is InChI=1S/C18H19FN4O2S/c19-7-14(8-20)9-23-18(25)22(12-21-23)10-16-5-6-17(26-16)15-3-1-13(11-24)2-4-15/h1-7,12,24H,8-11,20H2/b14-7+. The minimum atomic E-state index is -0.306. The van der Waals surface area contributed by atoms with Gasteiger partial charge in [0.15, 0.2) is 0 Å². The first-order chi connectivity index (χ1) is 12.6. The molecule has 1 aromatic carbocycles. The molecule has 8 heteroatoms. The van der Waals surface area contributed by atoms with E-state index >= 15 is 0 Å². The fourth-order valence-corrected chi connectivity index (χ4v) is 3.50. The Balaban J connectivity index is 1.75. The van der Waals surface area contributed by atoms with Crippen LogP contribution in [-0.2, 0) is 19.7 Å². The highest BCUT2D eigenvalue weighted by molar-refractivity contribution is 7.15. The minimum Gasteiger partial charge on any atom is -0.392 e. The van der Waals surface area contributed by atoms with Crippen LogP contribution in [0.15, 0.2) is 59.4 Å². The van der Waals surface area contributed by atoms with E-state index in [9.17, 15) is 9.18 Å². The molecule has 3 N–H and O–H groups in total. The first-order valence-corrected chi connectivity index (χ1v) is 8.85. The average Bonchev–Trinajstić information content (AvgIpc) is 3.28. The van der Waals surface area contributed by atoms with E-state index in [0.29, 0.717) is 18.4 Å². The summed E-state index contributed by atoms with van der Waals surface area (Å²) < 4.78 is 15.3. The van der Waals surface area contributed by atoms with E-state index in [1.54, 1.807) is 11.3 Å². The highest BCUT2D eigenvalue weighted by Gasteiger charge is 2.09. The summed E-state index contributed by atoms with van der Waals surface area (Å²) in [6.07, 6.45) is 1.86. The van der Waals surface area contributed by atoms with Crippen LogP contribution in [0.5, 0.6) is 0 Å². The normalized spacial score (nSPS) is 11.9. The minimum absolute atomic E-state index is 0.0202. The molecule has 2 aromatic heterocycles. The van der Waals surface area contributed by atoms with Gasteiger partial charge in [0, 0.05) is 16.3 Å². The van der Waals surface area contributed by atoms with Gasteiger partial charge in [-0.25, -0.2) is 13.9 Å². The molecule has 3 rings (SSSR count). The number of hydrogen-bond donors (Lipinski definition) is 2. The van der Waals surface area contributed by atoms with Crippen molar-refractivity contribution in [2.45, 2.75) is 19.7 Å². The molecule has 0 aliphatic rings. The Bertz CT molecular complexity index is 956. The Morgan fingerprint density at radius 2 is 2.04 bits per heavy atom. The zero-order valence-corrected chi connectivity index (χ0v) is 14.8. The van der Waals surface area contributed by atoms with Crippen LogP contribution in [0.3, 0.4) is 0 Å². The van der Waals surface area contributed by atoms with Gasteiger partial charge in [-0.1, -0.05) is 24.3 Å². The van der Waals surface area contributed by atoms with Crippen molar-refractivity contribution in [3.63, 3.8) is 0 Å². The number of aromatic nitrogens is 3. The van der Waals surface area contributed by atoms with E-state index in [4.69, 9.17) is 10.8 Å². The van der Waals surface area contributed by atoms with Crippen LogP contribution in [0, 0.1) is 0 Å². The number of aliphatic hydroxyl groups is 1. The van der Waals surface area contributed by atoms with Crippen LogP contribution in [-0.4, -0.2) is 26.0 Å². The van der Waals surface area contributed by atoms with Gasteiger partial charge in [0.2, 0.25) is 0 Å². The van der Waals surface area contributed by atoms with Gasteiger partial charge < -0.3 is 10.8 Å². The Hall–Kier alpha value is -2.55. The fourth-order valence-electron chi connectivity index (χ4n) is 2.48. The summed E-state index contributed by atoms with van der Waals surface area (Å²) in [6.45, 7) is 0.507. The molecular formula is C18H19FN4O2S. The van der Waals surface area contributed by atoms with E-state index in [1.807, 2.05) is 36.4 Å². The number of thiophene rings is 1.